The van der Waals surface area contributed by atoms with Crippen LogP contribution < -0.4 is 0 Å². The summed E-state index contributed by atoms with van der Waals surface area (Å²) in [4.78, 5) is 9.09. The Hall–Kier alpha value is -0.170. The first kappa shape index (κ1) is 17.2. The molecule has 0 unspecified atom stereocenters. The van der Waals surface area contributed by atoms with E-state index in [9.17, 15) is 0 Å². The van der Waals surface area contributed by atoms with Gasteiger partial charge >= 0.3 is 0 Å². The van der Waals surface area contributed by atoms with Crippen LogP contribution in [0.3, 0.4) is 0 Å². The summed E-state index contributed by atoms with van der Waals surface area (Å²) in [7, 11) is 0. The summed E-state index contributed by atoms with van der Waals surface area (Å²) < 4.78 is 2.59. The lowest BCUT2D eigenvalue weighted by Crippen LogP contribution is -2.16. The van der Waals surface area contributed by atoms with Gasteiger partial charge in [-0.2, -0.15) is 0 Å². The third-order valence-electron chi connectivity index (χ3n) is 2.85. The summed E-state index contributed by atoms with van der Waals surface area (Å²) in [6.45, 7) is 6.47. The van der Waals surface area contributed by atoms with E-state index in [0.717, 1.165) is 26.2 Å². The summed E-state index contributed by atoms with van der Waals surface area (Å²) in [5.41, 5.74) is 1.08. The van der Waals surface area contributed by atoms with E-state index in [1.807, 2.05) is 12.1 Å². The summed E-state index contributed by atoms with van der Waals surface area (Å²) in [6, 6.07) is 8.26. The average Bonchev–Trinajstić information content (AvgIpc) is 2.40. The highest BCUT2D eigenvalue weighted by Gasteiger charge is 2.20. The zero-order valence-electron chi connectivity index (χ0n) is 12.0. The minimum atomic E-state index is -0.00758. The molecule has 2 aromatic rings. The van der Waals surface area contributed by atoms with E-state index in [1.165, 1.54) is 4.90 Å². The molecule has 0 radical (unpaired) electrons. The lowest BCUT2D eigenvalue weighted by atomic mass is 9.92. The lowest BCUT2D eigenvalue weighted by molar-refractivity contribution is 0.559. The van der Waals surface area contributed by atoms with Crippen LogP contribution in [0.25, 0.3) is 0 Å². The predicted octanol–water partition coefficient (Wildman–Crippen LogP) is 6.25. The highest BCUT2D eigenvalue weighted by molar-refractivity contribution is 9.10. The number of halogens is 2. The molecule has 1 aromatic carbocycles. The number of thioether (sulfide) groups is 1. The predicted molar refractivity (Wildman–Crippen MR) is 99.5 cm³/mol. The number of rotatable bonds is 3. The van der Waals surface area contributed by atoms with E-state index >= 15 is 0 Å². The quantitative estimate of drug-likeness (QED) is 0.444. The van der Waals surface area contributed by atoms with Crippen LogP contribution in [-0.4, -0.2) is 9.97 Å². The Labute approximate surface area is 151 Å². The molecule has 0 saturated carbocycles. The Bertz CT molecular complexity index is 688. The first-order valence-corrected chi connectivity index (χ1v) is 9.43. The van der Waals surface area contributed by atoms with E-state index in [1.54, 1.807) is 11.8 Å². The zero-order chi connectivity index (χ0) is 15.6. The van der Waals surface area contributed by atoms with E-state index in [0.29, 0.717) is 4.64 Å². The van der Waals surface area contributed by atoms with Crippen molar-refractivity contribution in [2.24, 2.45) is 0 Å². The monoisotopic (exact) mass is 446 g/mol. The number of aromatic nitrogens is 2. The summed E-state index contributed by atoms with van der Waals surface area (Å²) in [5, 5.41) is 0. The fourth-order valence-corrected chi connectivity index (χ4v) is 3.80. The molecule has 0 aliphatic carbocycles. The van der Waals surface area contributed by atoms with Crippen LogP contribution >= 0.6 is 55.8 Å². The molecule has 21 heavy (non-hydrogen) atoms. The maximum absolute atomic E-state index is 5.35. The number of aromatic amines is 1. The summed E-state index contributed by atoms with van der Waals surface area (Å²) in [6.07, 6.45) is 0. The molecule has 112 valence electrons. The Morgan fingerprint density at radius 1 is 1.19 bits per heavy atom. The molecule has 0 saturated heterocycles. The van der Waals surface area contributed by atoms with Crippen LogP contribution in [0, 0.1) is 4.64 Å². The Morgan fingerprint density at radius 2 is 1.81 bits per heavy atom. The minimum Gasteiger partial charge on any atom is -0.345 e. The maximum Gasteiger partial charge on any atom is 0.144 e. The highest BCUT2D eigenvalue weighted by atomic mass is 79.9. The molecule has 1 N–H and O–H groups in total. The number of H-pyrrole nitrogens is 1. The SMILES string of the molecule is CC(C)(C)c1[nH]c(CSc2ccc(Br)cc2)nc(=S)c1Br. The van der Waals surface area contributed by atoms with Crippen LogP contribution in [0.15, 0.2) is 38.1 Å². The van der Waals surface area contributed by atoms with E-state index < -0.39 is 0 Å². The molecule has 1 heterocycles. The standard InChI is InChI=1S/C15H16Br2N2S2/c1-15(2,3)13-12(17)14(20)19-11(18-13)8-21-10-6-4-9(16)5-7-10/h4-7H,8H2,1-3H3,(H,18,19,20). The van der Waals surface area contributed by atoms with Crippen molar-refractivity contribution in [3.63, 3.8) is 0 Å². The van der Waals surface area contributed by atoms with Gasteiger partial charge in [0.15, 0.2) is 0 Å². The van der Waals surface area contributed by atoms with Crippen molar-refractivity contribution in [3.05, 3.63) is 49.4 Å². The smallest absolute Gasteiger partial charge is 0.144 e. The lowest BCUT2D eigenvalue weighted by Gasteiger charge is -2.21. The molecule has 2 rings (SSSR count). The number of benzene rings is 1. The Balaban J connectivity index is 2.23. The molecule has 6 heteroatoms. The van der Waals surface area contributed by atoms with Gasteiger partial charge in [-0.15, -0.1) is 11.8 Å². The van der Waals surface area contributed by atoms with Crippen molar-refractivity contribution in [2.75, 3.05) is 0 Å². The van der Waals surface area contributed by atoms with Gasteiger partial charge in [-0.3, -0.25) is 0 Å². The van der Waals surface area contributed by atoms with Crippen LogP contribution in [0.2, 0.25) is 0 Å². The molecular formula is C15H16Br2N2S2. The topological polar surface area (TPSA) is 28.7 Å². The second kappa shape index (κ2) is 6.94. The van der Waals surface area contributed by atoms with Gasteiger partial charge in [-0.25, -0.2) is 4.98 Å². The third-order valence-corrected chi connectivity index (χ3v) is 5.73. The molecule has 0 bridgehead atoms. The molecule has 0 aliphatic heterocycles. The van der Waals surface area contributed by atoms with Gasteiger partial charge in [-0.1, -0.05) is 48.9 Å². The van der Waals surface area contributed by atoms with Crippen molar-refractivity contribution < 1.29 is 0 Å². The second-order valence-corrected chi connectivity index (χ2v) is 8.81. The van der Waals surface area contributed by atoms with Crippen molar-refractivity contribution in [2.45, 2.75) is 36.8 Å². The Kier molecular flexibility index (Phi) is 5.68. The van der Waals surface area contributed by atoms with Crippen molar-refractivity contribution in [3.8, 4) is 0 Å². The van der Waals surface area contributed by atoms with Crippen molar-refractivity contribution in [1.82, 2.24) is 9.97 Å². The van der Waals surface area contributed by atoms with Gasteiger partial charge in [0.05, 0.1) is 10.2 Å². The number of nitrogens with zero attached hydrogens (tertiary/aromatic N) is 1. The van der Waals surface area contributed by atoms with Gasteiger partial charge in [0.25, 0.3) is 0 Å². The summed E-state index contributed by atoms with van der Waals surface area (Å²) in [5.74, 6) is 1.67. The fraction of sp³-hybridized carbons (Fsp3) is 0.333. The molecule has 1 aromatic heterocycles. The van der Waals surface area contributed by atoms with E-state index in [-0.39, 0.29) is 5.41 Å². The fourth-order valence-electron chi connectivity index (χ4n) is 1.77. The van der Waals surface area contributed by atoms with Crippen LogP contribution in [0.4, 0.5) is 0 Å². The third kappa shape index (κ3) is 4.65. The minimum absolute atomic E-state index is 0.00758. The van der Waals surface area contributed by atoms with E-state index in [2.05, 4.69) is 74.7 Å². The maximum atomic E-state index is 5.35. The van der Waals surface area contributed by atoms with Crippen molar-refractivity contribution >= 4 is 55.8 Å². The van der Waals surface area contributed by atoms with E-state index in [4.69, 9.17) is 12.2 Å². The van der Waals surface area contributed by atoms with Gasteiger partial charge in [0, 0.05) is 20.5 Å². The molecule has 0 amide bonds. The van der Waals surface area contributed by atoms with Gasteiger partial charge in [-0.05, 0) is 40.2 Å². The average molecular weight is 448 g/mol. The first-order chi connectivity index (χ1) is 9.77. The molecule has 0 aliphatic rings. The summed E-state index contributed by atoms with van der Waals surface area (Å²) >= 11 is 14.1. The highest BCUT2D eigenvalue weighted by Crippen LogP contribution is 2.30. The van der Waals surface area contributed by atoms with Gasteiger partial charge in [0.2, 0.25) is 0 Å². The first-order valence-electron chi connectivity index (χ1n) is 6.45. The van der Waals surface area contributed by atoms with Gasteiger partial charge in [0.1, 0.15) is 10.5 Å². The van der Waals surface area contributed by atoms with Crippen LogP contribution in [0.1, 0.15) is 32.3 Å². The normalized spacial score (nSPS) is 11.7. The van der Waals surface area contributed by atoms with Gasteiger partial charge < -0.3 is 4.98 Å². The largest absolute Gasteiger partial charge is 0.345 e. The number of hydrogen-bond acceptors (Lipinski definition) is 3. The second-order valence-electron chi connectivity index (χ2n) is 5.67. The molecule has 0 spiro atoms. The molecule has 0 atom stereocenters. The zero-order valence-corrected chi connectivity index (χ0v) is 16.8. The number of nitrogens with one attached hydrogen (secondary N) is 1. The molecule has 2 nitrogen and oxygen atoms in total. The van der Waals surface area contributed by atoms with Crippen molar-refractivity contribution in [1.29, 1.82) is 0 Å². The molecular weight excluding hydrogens is 432 g/mol. The molecule has 0 fully saturated rings. The number of hydrogen-bond donors (Lipinski definition) is 1. The Morgan fingerprint density at radius 3 is 2.38 bits per heavy atom. The van der Waals surface area contributed by atoms with Crippen LogP contribution in [0.5, 0.6) is 0 Å². The van der Waals surface area contributed by atoms with Crippen LogP contribution in [-0.2, 0) is 11.2 Å².